The van der Waals surface area contributed by atoms with Gasteiger partial charge in [0.2, 0.25) is 0 Å². The number of likely N-dealkylation sites (tertiary alicyclic amines) is 1. The molecule has 0 spiro atoms. The fraction of sp³-hybridized carbons (Fsp3) is 1.00. The van der Waals surface area contributed by atoms with Crippen LogP contribution in [0.2, 0.25) is 0 Å². The first-order chi connectivity index (χ1) is 8.25. The molecule has 0 bridgehead atoms. The molecule has 100 valence electrons. The number of aliphatic hydroxyl groups is 1. The molecule has 0 aromatic carbocycles. The quantitative estimate of drug-likeness (QED) is 0.766. The van der Waals surface area contributed by atoms with Crippen molar-refractivity contribution in [1.82, 2.24) is 10.2 Å². The summed E-state index contributed by atoms with van der Waals surface area (Å²) in [6.07, 6.45) is 7.25. The second-order valence-electron chi connectivity index (χ2n) is 5.98. The number of hydrogen-bond donors (Lipinski definition) is 2. The third-order valence-corrected chi connectivity index (χ3v) is 4.23. The minimum Gasteiger partial charge on any atom is -0.392 e. The fourth-order valence-corrected chi connectivity index (χ4v) is 3.17. The highest BCUT2D eigenvalue weighted by molar-refractivity contribution is 4.81. The van der Waals surface area contributed by atoms with Crippen molar-refractivity contribution in [3.8, 4) is 0 Å². The van der Waals surface area contributed by atoms with E-state index in [0.29, 0.717) is 12.0 Å². The Bertz CT molecular complexity index is 216. The standard InChI is InChI=1S/C14H28N2O/c1-12(11-16-8-4-5-9-16)10-15-13-6-2-3-7-14(13)17/h12-15,17H,2-11H2,1H3/t12?,13-,14-/m1/s1. The highest BCUT2D eigenvalue weighted by atomic mass is 16.3. The number of hydrogen-bond acceptors (Lipinski definition) is 3. The Balaban J connectivity index is 1.62. The van der Waals surface area contributed by atoms with E-state index in [-0.39, 0.29) is 6.10 Å². The summed E-state index contributed by atoms with van der Waals surface area (Å²) >= 11 is 0. The van der Waals surface area contributed by atoms with Crippen LogP contribution >= 0.6 is 0 Å². The zero-order chi connectivity index (χ0) is 12.1. The Hall–Kier alpha value is -0.120. The zero-order valence-electron chi connectivity index (χ0n) is 11.2. The number of rotatable bonds is 5. The van der Waals surface area contributed by atoms with Gasteiger partial charge in [0.15, 0.2) is 0 Å². The van der Waals surface area contributed by atoms with Crippen molar-refractivity contribution < 1.29 is 5.11 Å². The Morgan fingerprint density at radius 2 is 1.88 bits per heavy atom. The van der Waals surface area contributed by atoms with Gasteiger partial charge in [0.25, 0.3) is 0 Å². The maximum atomic E-state index is 9.89. The average molecular weight is 240 g/mol. The van der Waals surface area contributed by atoms with E-state index in [1.165, 1.54) is 45.3 Å². The Morgan fingerprint density at radius 1 is 1.18 bits per heavy atom. The van der Waals surface area contributed by atoms with Gasteiger partial charge < -0.3 is 15.3 Å². The minimum absolute atomic E-state index is 0.109. The molecule has 3 heteroatoms. The van der Waals surface area contributed by atoms with Crippen LogP contribution in [0.1, 0.15) is 45.4 Å². The lowest BCUT2D eigenvalue weighted by Gasteiger charge is -2.30. The molecule has 1 unspecified atom stereocenters. The monoisotopic (exact) mass is 240 g/mol. The van der Waals surface area contributed by atoms with Crippen LogP contribution in [0.4, 0.5) is 0 Å². The zero-order valence-corrected chi connectivity index (χ0v) is 11.2. The van der Waals surface area contributed by atoms with Crippen molar-refractivity contribution in [3.05, 3.63) is 0 Å². The lowest BCUT2D eigenvalue weighted by atomic mass is 9.92. The Labute approximate surface area is 106 Å². The molecular formula is C14H28N2O. The highest BCUT2D eigenvalue weighted by Crippen LogP contribution is 2.18. The minimum atomic E-state index is -0.109. The van der Waals surface area contributed by atoms with E-state index in [4.69, 9.17) is 0 Å². The van der Waals surface area contributed by atoms with Crippen LogP contribution in [0.3, 0.4) is 0 Å². The van der Waals surface area contributed by atoms with Gasteiger partial charge in [0, 0.05) is 12.6 Å². The van der Waals surface area contributed by atoms with Crippen LogP contribution in [0.5, 0.6) is 0 Å². The van der Waals surface area contributed by atoms with Crippen LogP contribution in [-0.2, 0) is 0 Å². The van der Waals surface area contributed by atoms with Gasteiger partial charge in [-0.2, -0.15) is 0 Å². The van der Waals surface area contributed by atoms with E-state index in [0.717, 1.165) is 19.4 Å². The van der Waals surface area contributed by atoms with Gasteiger partial charge in [0.05, 0.1) is 6.10 Å². The molecule has 1 saturated carbocycles. The summed E-state index contributed by atoms with van der Waals surface area (Å²) in [4.78, 5) is 2.57. The summed E-state index contributed by atoms with van der Waals surface area (Å²) in [5.74, 6) is 0.697. The molecule has 0 aromatic rings. The van der Waals surface area contributed by atoms with Crippen molar-refractivity contribution >= 4 is 0 Å². The largest absolute Gasteiger partial charge is 0.392 e. The van der Waals surface area contributed by atoms with Crippen molar-refractivity contribution in [1.29, 1.82) is 0 Å². The summed E-state index contributed by atoms with van der Waals surface area (Å²) in [6, 6.07) is 0.352. The number of nitrogens with one attached hydrogen (secondary N) is 1. The summed E-state index contributed by atoms with van der Waals surface area (Å²) < 4.78 is 0. The van der Waals surface area contributed by atoms with Gasteiger partial charge in [-0.05, 0) is 51.2 Å². The first kappa shape index (κ1) is 13.3. The molecule has 1 heterocycles. The van der Waals surface area contributed by atoms with Crippen molar-refractivity contribution in [2.45, 2.75) is 57.6 Å². The topological polar surface area (TPSA) is 35.5 Å². The number of nitrogens with zero attached hydrogens (tertiary/aromatic N) is 1. The van der Waals surface area contributed by atoms with Crippen LogP contribution in [-0.4, -0.2) is 48.3 Å². The molecule has 2 fully saturated rings. The predicted molar refractivity (Wildman–Crippen MR) is 71.1 cm³/mol. The molecule has 2 aliphatic rings. The lowest BCUT2D eigenvalue weighted by Crippen LogP contribution is -2.44. The average Bonchev–Trinajstić information content (AvgIpc) is 2.81. The second-order valence-corrected chi connectivity index (χ2v) is 5.98. The normalized spacial score (nSPS) is 32.8. The molecule has 1 saturated heterocycles. The van der Waals surface area contributed by atoms with E-state index in [2.05, 4.69) is 17.1 Å². The third-order valence-electron chi connectivity index (χ3n) is 4.23. The van der Waals surface area contributed by atoms with E-state index < -0.39 is 0 Å². The maximum Gasteiger partial charge on any atom is 0.0693 e. The molecule has 1 aliphatic carbocycles. The molecule has 0 amide bonds. The van der Waals surface area contributed by atoms with E-state index in [9.17, 15) is 5.11 Å². The van der Waals surface area contributed by atoms with E-state index >= 15 is 0 Å². The predicted octanol–water partition coefficient (Wildman–Crippen LogP) is 1.61. The molecule has 3 atom stereocenters. The van der Waals surface area contributed by atoms with Crippen molar-refractivity contribution in [3.63, 3.8) is 0 Å². The molecule has 3 nitrogen and oxygen atoms in total. The van der Waals surface area contributed by atoms with Crippen molar-refractivity contribution in [2.24, 2.45) is 5.92 Å². The van der Waals surface area contributed by atoms with Gasteiger partial charge in [0.1, 0.15) is 0 Å². The lowest BCUT2D eigenvalue weighted by molar-refractivity contribution is 0.0882. The third kappa shape index (κ3) is 4.23. The Kier molecular flexibility index (Phi) is 5.26. The molecule has 2 rings (SSSR count). The molecule has 1 aliphatic heterocycles. The highest BCUT2D eigenvalue weighted by Gasteiger charge is 2.23. The van der Waals surface area contributed by atoms with Crippen LogP contribution in [0, 0.1) is 5.92 Å². The maximum absolute atomic E-state index is 9.89. The number of aliphatic hydroxyl groups excluding tert-OH is 1. The van der Waals surface area contributed by atoms with Gasteiger partial charge in [-0.3, -0.25) is 0 Å². The summed E-state index contributed by atoms with van der Waals surface area (Å²) in [6.45, 7) is 7.17. The van der Waals surface area contributed by atoms with Crippen LogP contribution in [0.15, 0.2) is 0 Å². The second kappa shape index (κ2) is 6.72. The van der Waals surface area contributed by atoms with E-state index in [1.54, 1.807) is 0 Å². The smallest absolute Gasteiger partial charge is 0.0693 e. The first-order valence-corrected chi connectivity index (χ1v) is 7.39. The first-order valence-electron chi connectivity index (χ1n) is 7.39. The van der Waals surface area contributed by atoms with E-state index in [1.807, 2.05) is 0 Å². The van der Waals surface area contributed by atoms with Crippen molar-refractivity contribution in [2.75, 3.05) is 26.2 Å². The molecule has 0 radical (unpaired) electrons. The SMILES string of the molecule is CC(CN[C@@H]1CCCC[C@H]1O)CN1CCCC1. The summed E-state index contributed by atoms with van der Waals surface area (Å²) in [7, 11) is 0. The fourth-order valence-electron chi connectivity index (χ4n) is 3.17. The summed E-state index contributed by atoms with van der Waals surface area (Å²) in [5.41, 5.74) is 0. The molecule has 17 heavy (non-hydrogen) atoms. The molecular weight excluding hydrogens is 212 g/mol. The van der Waals surface area contributed by atoms with Gasteiger partial charge >= 0.3 is 0 Å². The van der Waals surface area contributed by atoms with Gasteiger partial charge in [-0.15, -0.1) is 0 Å². The summed E-state index contributed by atoms with van der Waals surface area (Å²) in [5, 5.41) is 13.5. The molecule has 0 aromatic heterocycles. The van der Waals surface area contributed by atoms with Crippen LogP contribution in [0.25, 0.3) is 0 Å². The Morgan fingerprint density at radius 3 is 2.59 bits per heavy atom. The van der Waals surface area contributed by atoms with Crippen LogP contribution < -0.4 is 5.32 Å². The van der Waals surface area contributed by atoms with Gasteiger partial charge in [-0.1, -0.05) is 19.8 Å². The van der Waals surface area contributed by atoms with Gasteiger partial charge in [-0.25, -0.2) is 0 Å². The molecule has 2 N–H and O–H groups in total.